The predicted octanol–water partition coefficient (Wildman–Crippen LogP) is 2.67. The molecule has 1 atom stereocenters. The van der Waals surface area contributed by atoms with Gasteiger partial charge in [0.2, 0.25) is 6.79 Å². The molecule has 0 bridgehead atoms. The number of nitrogens with one attached hydrogen (secondary N) is 2. The van der Waals surface area contributed by atoms with Crippen LogP contribution in [-0.4, -0.2) is 25.0 Å². The van der Waals surface area contributed by atoms with Crippen molar-refractivity contribution in [2.75, 3.05) is 12.1 Å². The summed E-state index contributed by atoms with van der Waals surface area (Å²) in [5, 5.41) is 7.11. The number of rotatable bonds is 5. The Labute approximate surface area is 140 Å². The normalized spacial score (nSPS) is 13.8. The lowest BCUT2D eigenvalue weighted by molar-refractivity contribution is -0.121. The van der Waals surface area contributed by atoms with E-state index in [0.717, 1.165) is 11.3 Å². The minimum Gasteiger partial charge on any atom is -0.454 e. The maximum absolute atomic E-state index is 12.1. The highest BCUT2D eigenvalue weighted by Crippen LogP contribution is 2.31. The zero-order valence-corrected chi connectivity index (χ0v) is 13.6. The molecule has 0 unspecified atom stereocenters. The predicted molar refractivity (Wildman–Crippen MR) is 92.6 cm³/mol. The molecule has 0 saturated carbocycles. The van der Waals surface area contributed by atoms with Crippen molar-refractivity contribution in [3.63, 3.8) is 0 Å². The van der Waals surface area contributed by atoms with Gasteiger partial charge in [0, 0.05) is 5.69 Å². The number of carbonyl (C=O) groups excluding carboxylic acids is 1. The fraction of sp³-hybridized carbons (Fsp3) is 0.222. The van der Waals surface area contributed by atoms with Crippen molar-refractivity contribution in [3.8, 4) is 11.5 Å². The van der Waals surface area contributed by atoms with Gasteiger partial charge in [0.25, 0.3) is 5.91 Å². The van der Waals surface area contributed by atoms with Crippen LogP contribution in [0, 0.1) is 6.92 Å². The number of benzene rings is 2. The third kappa shape index (κ3) is 3.84. The first kappa shape index (κ1) is 15.9. The van der Waals surface area contributed by atoms with Crippen LogP contribution in [0.15, 0.2) is 47.6 Å². The zero-order chi connectivity index (χ0) is 16.9. The Morgan fingerprint density at radius 3 is 2.71 bits per heavy atom. The van der Waals surface area contributed by atoms with E-state index in [2.05, 4.69) is 15.8 Å². The van der Waals surface area contributed by atoms with E-state index < -0.39 is 6.04 Å². The van der Waals surface area contributed by atoms with E-state index >= 15 is 0 Å². The van der Waals surface area contributed by atoms with E-state index in [1.165, 1.54) is 5.56 Å². The third-order valence-corrected chi connectivity index (χ3v) is 3.61. The molecule has 3 rings (SSSR count). The maximum atomic E-state index is 12.1. The van der Waals surface area contributed by atoms with Gasteiger partial charge in [-0.2, -0.15) is 5.10 Å². The third-order valence-electron chi connectivity index (χ3n) is 3.61. The van der Waals surface area contributed by atoms with Crippen LogP contribution in [0.3, 0.4) is 0 Å². The molecule has 1 aliphatic heterocycles. The summed E-state index contributed by atoms with van der Waals surface area (Å²) in [4.78, 5) is 12.1. The molecule has 1 aliphatic rings. The summed E-state index contributed by atoms with van der Waals surface area (Å²) in [5.74, 6) is 1.18. The van der Waals surface area contributed by atoms with E-state index in [0.29, 0.717) is 11.5 Å². The summed E-state index contributed by atoms with van der Waals surface area (Å²) in [5.41, 5.74) is 5.41. The molecule has 2 aromatic rings. The monoisotopic (exact) mass is 325 g/mol. The summed E-state index contributed by atoms with van der Waals surface area (Å²) in [6, 6.07) is 12.9. The molecule has 2 aromatic carbocycles. The van der Waals surface area contributed by atoms with Crippen LogP contribution < -0.4 is 20.2 Å². The lowest BCUT2D eigenvalue weighted by Crippen LogP contribution is -2.34. The van der Waals surface area contributed by atoms with Gasteiger partial charge in [-0.25, -0.2) is 5.43 Å². The first-order chi connectivity index (χ1) is 11.6. The van der Waals surface area contributed by atoms with Crippen molar-refractivity contribution in [1.82, 2.24) is 5.43 Å². The van der Waals surface area contributed by atoms with Crippen molar-refractivity contribution < 1.29 is 14.3 Å². The average Bonchev–Trinajstić information content (AvgIpc) is 3.04. The Bertz CT molecular complexity index is 757. The molecule has 0 aliphatic carbocycles. The van der Waals surface area contributed by atoms with Crippen LogP contribution in [0.5, 0.6) is 11.5 Å². The summed E-state index contributed by atoms with van der Waals surface area (Å²) in [6.45, 7) is 4.03. The molecule has 0 radical (unpaired) electrons. The van der Waals surface area contributed by atoms with E-state index in [4.69, 9.17) is 9.47 Å². The minimum atomic E-state index is -0.401. The van der Waals surface area contributed by atoms with Crippen molar-refractivity contribution in [2.24, 2.45) is 5.10 Å². The summed E-state index contributed by atoms with van der Waals surface area (Å²) >= 11 is 0. The zero-order valence-electron chi connectivity index (χ0n) is 13.6. The molecule has 124 valence electrons. The van der Waals surface area contributed by atoms with Crippen LogP contribution in [0.1, 0.15) is 18.1 Å². The number of anilines is 1. The number of hydrogen-bond donors (Lipinski definition) is 2. The quantitative estimate of drug-likeness (QED) is 0.655. The van der Waals surface area contributed by atoms with Crippen LogP contribution in [0.25, 0.3) is 0 Å². The second kappa shape index (κ2) is 7.04. The highest BCUT2D eigenvalue weighted by atomic mass is 16.7. The maximum Gasteiger partial charge on any atom is 0.262 e. The fourth-order valence-corrected chi connectivity index (χ4v) is 2.23. The SMILES string of the molecule is Cc1ccc(N[C@@H](C)C(=O)N/N=C\c2ccc3c(c2)OCO3)cc1. The number of ether oxygens (including phenoxy) is 2. The van der Waals surface area contributed by atoms with Gasteiger partial charge in [-0.1, -0.05) is 17.7 Å². The van der Waals surface area contributed by atoms with Gasteiger partial charge in [-0.05, 0) is 49.7 Å². The van der Waals surface area contributed by atoms with Crippen molar-refractivity contribution >= 4 is 17.8 Å². The largest absolute Gasteiger partial charge is 0.454 e. The lowest BCUT2D eigenvalue weighted by Gasteiger charge is -2.13. The van der Waals surface area contributed by atoms with Crippen LogP contribution in [-0.2, 0) is 4.79 Å². The molecule has 0 spiro atoms. The van der Waals surface area contributed by atoms with Crippen LogP contribution in [0.4, 0.5) is 5.69 Å². The van der Waals surface area contributed by atoms with Gasteiger partial charge in [0.15, 0.2) is 11.5 Å². The van der Waals surface area contributed by atoms with Crippen molar-refractivity contribution in [2.45, 2.75) is 19.9 Å². The number of aryl methyl sites for hydroxylation is 1. The van der Waals surface area contributed by atoms with E-state index in [1.54, 1.807) is 13.1 Å². The molecule has 1 heterocycles. The molecular formula is C18H19N3O3. The first-order valence-electron chi connectivity index (χ1n) is 7.67. The number of amides is 1. The topological polar surface area (TPSA) is 72.0 Å². The summed E-state index contributed by atoms with van der Waals surface area (Å²) in [6.07, 6.45) is 1.57. The molecule has 6 nitrogen and oxygen atoms in total. The van der Waals surface area contributed by atoms with Crippen LogP contribution >= 0.6 is 0 Å². The summed E-state index contributed by atoms with van der Waals surface area (Å²) in [7, 11) is 0. The number of carbonyl (C=O) groups is 1. The average molecular weight is 325 g/mol. The summed E-state index contributed by atoms with van der Waals surface area (Å²) < 4.78 is 10.5. The van der Waals surface area contributed by atoms with Gasteiger partial charge in [-0.3, -0.25) is 4.79 Å². The standard InChI is InChI=1S/C18H19N3O3/c1-12-3-6-15(7-4-12)20-13(2)18(22)21-19-10-14-5-8-16-17(9-14)24-11-23-16/h3-10,13,20H,11H2,1-2H3,(H,21,22)/b19-10-/t13-/m0/s1. The number of nitrogens with zero attached hydrogens (tertiary/aromatic N) is 1. The lowest BCUT2D eigenvalue weighted by atomic mass is 10.2. The van der Waals surface area contributed by atoms with Gasteiger partial charge >= 0.3 is 0 Å². The molecule has 24 heavy (non-hydrogen) atoms. The van der Waals surface area contributed by atoms with Crippen LogP contribution in [0.2, 0.25) is 0 Å². The minimum absolute atomic E-state index is 0.215. The second-order valence-electron chi connectivity index (χ2n) is 5.58. The molecule has 6 heteroatoms. The van der Waals surface area contributed by atoms with E-state index in [9.17, 15) is 4.79 Å². The van der Waals surface area contributed by atoms with Gasteiger partial charge < -0.3 is 14.8 Å². The van der Waals surface area contributed by atoms with Crippen molar-refractivity contribution in [3.05, 3.63) is 53.6 Å². The molecule has 0 fully saturated rings. The molecule has 2 N–H and O–H groups in total. The number of hydrogen-bond acceptors (Lipinski definition) is 5. The Hall–Kier alpha value is -3.02. The van der Waals surface area contributed by atoms with Crippen molar-refractivity contribution in [1.29, 1.82) is 0 Å². The first-order valence-corrected chi connectivity index (χ1v) is 7.67. The van der Waals surface area contributed by atoms with Gasteiger partial charge in [0.05, 0.1) is 6.21 Å². The molecular weight excluding hydrogens is 306 g/mol. The highest BCUT2D eigenvalue weighted by molar-refractivity contribution is 5.86. The van der Waals surface area contributed by atoms with Gasteiger partial charge in [-0.15, -0.1) is 0 Å². The second-order valence-corrected chi connectivity index (χ2v) is 5.58. The Morgan fingerprint density at radius 1 is 1.17 bits per heavy atom. The number of fused-ring (bicyclic) bond motifs is 1. The van der Waals surface area contributed by atoms with E-state index in [-0.39, 0.29) is 12.7 Å². The molecule has 0 aromatic heterocycles. The van der Waals surface area contributed by atoms with Gasteiger partial charge in [0.1, 0.15) is 6.04 Å². The Morgan fingerprint density at radius 2 is 1.92 bits per heavy atom. The van der Waals surface area contributed by atoms with E-state index in [1.807, 2.05) is 49.4 Å². The highest BCUT2D eigenvalue weighted by Gasteiger charge is 2.13. The Kier molecular flexibility index (Phi) is 4.65. The number of hydrazone groups is 1. The fourth-order valence-electron chi connectivity index (χ4n) is 2.23. The Balaban J connectivity index is 1.53. The molecule has 0 saturated heterocycles. The smallest absolute Gasteiger partial charge is 0.262 e. The molecule has 1 amide bonds.